The van der Waals surface area contributed by atoms with Crippen molar-refractivity contribution in [1.82, 2.24) is 19.9 Å². The molecular formula is C20H14N4. The molecule has 4 heteroatoms. The number of benzene rings is 2. The first kappa shape index (κ1) is 13.1. The molecule has 3 aromatic heterocycles. The lowest BCUT2D eigenvalue weighted by Gasteiger charge is -2.01. The Labute approximate surface area is 137 Å². The van der Waals surface area contributed by atoms with Gasteiger partial charge in [-0.3, -0.25) is 4.98 Å². The first-order chi connectivity index (χ1) is 11.9. The van der Waals surface area contributed by atoms with Crippen LogP contribution in [0.5, 0.6) is 0 Å². The van der Waals surface area contributed by atoms with Crippen LogP contribution in [0.2, 0.25) is 0 Å². The quantitative estimate of drug-likeness (QED) is 0.494. The van der Waals surface area contributed by atoms with Crippen LogP contribution in [0.3, 0.4) is 0 Å². The Morgan fingerprint density at radius 2 is 1.79 bits per heavy atom. The van der Waals surface area contributed by atoms with Gasteiger partial charge in [0.25, 0.3) is 0 Å². The van der Waals surface area contributed by atoms with Gasteiger partial charge in [0.15, 0.2) is 0 Å². The minimum absolute atomic E-state index is 0.815. The number of nitrogens with one attached hydrogen (secondary N) is 2. The lowest BCUT2D eigenvalue weighted by Crippen LogP contribution is -1.88. The van der Waals surface area contributed by atoms with Gasteiger partial charge in [0.1, 0.15) is 5.82 Å². The molecule has 5 rings (SSSR count). The van der Waals surface area contributed by atoms with Crippen LogP contribution in [0, 0.1) is 0 Å². The van der Waals surface area contributed by atoms with Crippen molar-refractivity contribution in [3.8, 4) is 0 Å². The van der Waals surface area contributed by atoms with E-state index >= 15 is 0 Å². The standard InChI is InChI=1S/C20H14N4/c1-2-4-17-13(3-1)11-15(23-17)6-8-19-22-12-14-5-7-18-16(9-10-21-18)20(14)24-19/h1-12,23H,(H,22,24). The van der Waals surface area contributed by atoms with Crippen LogP contribution in [-0.2, 0) is 0 Å². The van der Waals surface area contributed by atoms with Gasteiger partial charge in [-0.05, 0) is 47.9 Å². The lowest BCUT2D eigenvalue weighted by atomic mass is 10.2. The third kappa shape index (κ3) is 2.08. The van der Waals surface area contributed by atoms with Gasteiger partial charge in [0, 0.05) is 34.4 Å². The second-order valence-electron chi connectivity index (χ2n) is 5.82. The second-order valence-corrected chi connectivity index (χ2v) is 5.82. The summed E-state index contributed by atoms with van der Waals surface area (Å²) in [6, 6.07) is 16.5. The smallest absolute Gasteiger partial charge is 0.130 e. The fraction of sp³-hybridized carbons (Fsp3) is 0. The first-order valence-corrected chi connectivity index (χ1v) is 7.85. The lowest BCUT2D eigenvalue weighted by molar-refractivity contribution is 1.19. The zero-order chi connectivity index (χ0) is 15.9. The second kappa shape index (κ2) is 5.06. The van der Waals surface area contributed by atoms with Crippen LogP contribution < -0.4 is 0 Å². The van der Waals surface area contributed by atoms with Crippen molar-refractivity contribution in [3.63, 3.8) is 0 Å². The highest BCUT2D eigenvalue weighted by molar-refractivity contribution is 6.03. The number of rotatable bonds is 2. The average molecular weight is 310 g/mol. The molecule has 0 spiro atoms. The molecule has 0 radical (unpaired) electrons. The summed E-state index contributed by atoms with van der Waals surface area (Å²) in [5, 5.41) is 3.41. The summed E-state index contributed by atoms with van der Waals surface area (Å²) in [5.41, 5.74) is 4.25. The maximum absolute atomic E-state index is 4.49. The number of aromatic amines is 2. The molecule has 0 saturated carbocycles. The molecule has 0 atom stereocenters. The molecule has 0 bridgehead atoms. The van der Waals surface area contributed by atoms with Gasteiger partial charge in [-0.2, -0.15) is 0 Å². The molecule has 0 unspecified atom stereocenters. The van der Waals surface area contributed by atoms with Gasteiger partial charge >= 0.3 is 0 Å². The van der Waals surface area contributed by atoms with Crippen molar-refractivity contribution in [2.45, 2.75) is 0 Å². The Balaban J connectivity index is 1.58. The number of hydrogen-bond donors (Lipinski definition) is 2. The average Bonchev–Trinajstić information content (AvgIpc) is 3.26. The van der Waals surface area contributed by atoms with Crippen molar-refractivity contribution >= 4 is 44.9 Å². The SMILES string of the molecule is C(=Cc1ncc2ccc3nccc3c2[nH]1)c1cc2ccccc2[nH]1. The van der Waals surface area contributed by atoms with Crippen molar-refractivity contribution in [2.75, 3.05) is 0 Å². The van der Waals surface area contributed by atoms with Crippen LogP contribution >= 0.6 is 0 Å². The van der Waals surface area contributed by atoms with Crippen LogP contribution in [0.4, 0.5) is 0 Å². The van der Waals surface area contributed by atoms with Crippen LogP contribution in [-0.4, -0.2) is 19.9 Å². The van der Waals surface area contributed by atoms with E-state index in [1.165, 1.54) is 5.39 Å². The van der Waals surface area contributed by atoms with E-state index in [0.29, 0.717) is 0 Å². The monoisotopic (exact) mass is 310 g/mol. The molecule has 4 nitrogen and oxygen atoms in total. The highest BCUT2D eigenvalue weighted by Gasteiger charge is 2.03. The molecule has 0 aliphatic heterocycles. The predicted octanol–water partition coefficient (Wildman–Crippen LogP) is 4.76. The molecule has 2 N–H and O–H groups in total. The van der Waals surface area contributed by atoms with E-state index in [2.05, 4.69) is 38.1 Å². The van der Waals surface area contributed by atoms with E-state index in [1.807, 2.05) is 54.9 Å². The highest BCUT2D eigenvalue weighted by atomic mass is 14.9. The molecule has 3 heterocycles. The minimum atomic E-state index is 0.815. The molecule has 0 aliphatic rings. The molecule has 0 amide bonds. The van der Waals surface area contributed by atoms with Gasteiger partial charge in [-0.15, -0.1) is 0 Å². The maximum Gasteiger partial charge on any atom is 0.130 e. The fourth-order valence-corrected chi connectivity index (χ4v) is 3.08. The molecule has 0 saturated heterocycles. The third-order valence-corrected chi connectivity index (χ3v) is 4.28. The van der Waals surface area contributed by atoms with Gasteiger partial charge in [-0.25, -0.2) is 4.98 Å². The van der Waals surface area contributed by atoms with Crippen molar-refractivity contribution in [2.24, 2.45) is 0 Å². The highest BCUT2D eigenvalue weighted by Crippen LogP contribution is 2.23. The predicted molar refractivity (Wildman–Crippen MR) is 98.6 cm³/mol. The summed E-state index contributed by atoms with van der Waals surface area (Å²) in [4.78, 5) is 15.6. The summed E-state index contributed by atoms with van der Waals surface area (Å²) in [7, 11) is 0. The molecule has 0 aliphatic carbocycles. The number of hydrogen-bond acceptors (Lipinski definition) is 2. The summed E-state index contributed by atoms with van der Waals surface area (Å²) in [5.74, 6) is 0.815. The van der Waals surface area contributed by atoms with E-state index in [9.17, 15) is 0 Å². The number of aromatic nitrogens is 4. The molecule has 114 valence electrons. The number of para-hydroxylation sites is 1. The molecular weight excluding hydrogens is 296 g/mol. The zero-order valence-electron chi connectivity index (χ0n) is 12.8. The van der Waals surface area contributed by atoms with Crippen molar-refractivity contribution in [1.29, 1.82) is 0 Å². The van der Waals surface area contributed by atoms with Crippen LogP contribution in [0.15, 0.2) is 60.9 Å². The van der Waals surface area contributed by atoms with E-state index < -0.39 is 0 Å². The Kier molecular flexibility index (Phi) is 2.76. The third-order valence-electron chi connectivity index (χ3n) is 4.28. The summed E-state index contributed by atoms with van der Waals surface area (Å²) < 4.78 is 0. The fourth-order valence-electron chi connectivity index (χ4n) is 3.08. The number of nitrogens with zero attached hydrogens (tertiary/aromatic N) is 2. The van der Waals surface area contributed by atoms with E-state index in [4.69, 9.17) is 0 Å². The molecule has 2 aromatic carbocycles. The topological polar surface area (TPSA) is 57.4 Å². The van der Waals surface area contributed by atoms with Gasteiger partial charge in [0.2, 0.25) is 0 Å². The molecule has 0 fully saturated rings. The first-order valence-electron chi connectivity index (χ1n) is 7.85. The zero-order valence-corrected chi connectivity index (χ0v) is 12.8. The molecule has 24 heavy (non-hydrogen) atoms. The van der Waals surface area contributed by atoms with Gasteiger partial charge < -0.3 is 9.97 Å². The van der Waals surface area contributed by atoms with E-state index in [1.54, 1.807) is 0 Å². The van der Waals surface area contributed by atoms with E-state index in [0.717, 1.165) is 38.8 Å². The number of H-pyrrole nitrogens is 2. The Hall–Kier alpha value is -3.40. The Morgan fingerprint density at radius 1 is 0.833 bits per heavy atom. The Morgan fingerprint density at radius 3 is 2.75 bits per heavy atom. The van der Waals surface area contributed by atoms with Crippen molar-refractivity contribution < 1.29 is 0 Å². The van der Waals surface area contributed by atoms with Gasteiger partial charge in [0.05, 0.1) is 11.0 Å². The molecule has 5 aromatic rings. The minimum Gasteiger partial charge on any atom is -0.355 e. The van der Waals surface area contributed by atoms with Crippen molar-refractivity contribution in [3.05, 3.63) is 72.4 Å². The van der Waals surface area contributed by atoms with Gasteiger partial charge in [-0.1, -0.05) is 18.2 Å². The van der Waals surface area contributed by atoms with Crippen LogP contribution in [0.25, 0.3) is 44.9 Å². The van der Waals surface area contributed by atoms with E-state index in [-0.39, 0.29) is 0 Å². The number of fused-ring (bicyclic) bond motifs is 4. The van der Waals surface area contributed by atoms with Crippen LogP contribution in [0.1, 0.15) is 11.5 Å². The summed E-state index contributed by atoms with van der Waals surface area (Å²) >= 11 is 0. The summed E-state index contributed by atoms with van der Waals surface area (Å²) in [6.45, 7) is 0. The maximum atomic E-state index is 4.49. The Bertz CT molecular complexity index is 1180. The summed E-state index contributed by atoms with van der Waals surface area (Å²) in [6.07, 6.45) is 7.74. The normalized spacial score (nSPS) is 12.0. The largest absolute Gasteiger partial charge is 0.355 e.